The van der Waals surface area contributed by atoms with E-state index in [-0.39, 0.29) is 29.2 Å². The number of carbonyl (C=O) groups is 1. The second-order valence-electron chi connectivity index (χ2n) is 5.54. The van der Waals surface area contributed by atoms with Crippen molar-refractivity contribution in [2.24, 2.45) is 5.41 Å². The van der Waals surface area contributed by atoms with E-state index in [1.54, 1.807) is 7.11 Å². The molecule has 2 rings (SSSR count). The van der Waals surface area contributed by atoms with Gasteiger partial charge in [-0.25, -0.2) is 4.39 Å². The van der Waals surface area contributed by atoms with Crippen molar-refractivity contribution in [1.82, 2.24) is 5.32 Å². The molecule has 1 aliphatic carbocycles. The van der Waals surface area contributed by atoms with Crippen LogP contribution in [0.2, 0.25) is 0 Å². The van der Waals surface area contributed by atoms with Gasteiger partial charge in [-0.05, 0) is 24.6 Å². The molecule has 2 unspecified atom stereocenters. The minimum absolute atomic E-state index is 0.0365. The monoisotopic (exact) mass is 266 g/mol. The molecule has 0 heterocycles. The van der Waals surface area contributed by atoms with Gasteiger partial charge in [0, 0.05) is 24.3 Å². The Hall–Kier alpha value is -1.62. The molecule has 19 heavy (non-hydrogen) atoms. The maximum absolute atomic E-state index is 12.9. The summed E-state index contributed by atoms with van der Waals surface area (Å²) in [5.41, 5.74) is 6.00. The molecule has 0 aromatic heterocycles. The molecule has 0 radical (unpaired) electrons. The van der Waals surface area contributed by atoms with Crippen molar-refractivity contribution in [2.75, 3.05) is 12.8 Å². The Morgan fingerprint density at radius 2 is 2.21 bits per heavy atom. The van der Waals surface area contributed by atoms with Crippen LogP contribution in [0.25, 0.3) is 0 Å². The Labute approximate surface area is 112 Å². The van der Waals surface area contributed by atoms with Gasteiger partial charge in [0.2, 0.25) is 0 Å². The van der Waals surface area contributed by atoms with Gasteiger partial charge in [0.15, 0.2) is 0 Å². The largest absolute Gasteiger partial charge is 0.398 e. The lowest BCUT2D eigenvalue weighted by atomic mass is 9.64. The molecule has 5 heteroatoms. The van der Waals surface area contributed by atoms with Crippen LogP contribution < -0.4 is 11.1 Å². The molecule has 1 amide bonds. The summed E-state index contributed by atoms with van der Waals surface area (Å²) in [7, 11) is 1.67. The number of ether oxygens (including phenoxy) is 1. The van der Waals surface area contributed by atoms with E-state index in [1.165, 1.54) is 12.1 Å². The fourth-order valence-corrected chi connectivity index (χ4v) is 2.51. The first-order valence-corrected chi connectivity index (χ1v) is 6.25. The quantitative estimate of drug-likeness (QED) is 0.822. The first-order valence-electron chi connectivity index (χ1n) is 6.25. The van der Waals surface area contributed by atoms with Crippen molar-refractivity contribution in [1.29, 1.82) is 0 Å². The highest BCUT2D eigenvalue weighted by atomic mass is 19.1. The zero-order valence-corrected chi connectivity index (χ0v) is 11.4. The average Bonchev–Trinajstić information content (AvgIpc) is 2.33. The lowest BCUT2D eigenvalue weighted by molar-refractivity contribution is -0.0942. The summed E-state index contributed by atoms with van der Waals surface area (Å²) < 4.78 is 18.3. The topological polar surface area (TPSA) is 64.3 Å². The van der Waals surface area contributed by atoms with Crippen LogP contribution in [0, 0.1) is 11.2 Å². The summed E-state index contributed by atoms with van der Waals surface area (Å²) in [4.78, 5) is 12.1. The molecule has 0 saturated heterocycles. The number of methoxy groups -OCH3 is 1. The number of carbonyl (C=O) groups excluding carboxylic acids is 1. The highest BCUT2D eigenvalue weighted by Crippen LogP contribution is 2.42. The predicted molar refractivity (Wildman–Crippen MR) is 71.3 cm³/mol. The van der Waals surface area contributed by atoms with Crippen LogP contribution in [0.1, 0.15) is 30.6 Å². The van der Waals surface area contributed by atoms with Crippen molar-refractivity contribution in [3.8, 4) is 0 Å². The van der Waals surface area contributed by atoms with Crippen LogP contribution in [0.3, 0.4) is 0 Å². The minimum atomic E-state index is -0.447. The molecule has 0 aliphatic heterocycles. The van der Waals surface area contributed by atoms with Gasteiger partial charge in [0.1, 0.15) is 5.82 Å². The fraction of sp³-hybridized carbons (Fsp3) is 0.500. The van der Waals surface area contributed by atoms with E-state index in [0.29, 0.717) is 5.56 Å². The Balaban J connectivity index is 2.07. The van der Waals surface area contributed by atoms with Crippen LogP contribution in [0.4, 0.5) is 10.1 Å². The normalized spacial score (nSPS) is 24.6. The fourth-order valence-electron chi connectivity index (χ4n) is 2.51. The molecule has 1 aromatic carbocycles. The highest BCUT2D eigenvalue weighted by molar-refractivity contribution is 5.99. The molecule has 3 N–H and O–H groups in total. The number of nitrogens with two attached hydrogens (primary N) is 1. The Morgan fingerprint density at radius 3 is 2.74 bits per heavy atom. The van der Waals surface area contributed by atoms with Crippen molar-refractivity contribution < 1.29 is 13.9 Å². The number of rotatable bonds is 3. The summed E-state index contributed by atoms with van der Waals surface area (Å²) in [6.45, 7) is 4.09. The standard InChI is InChI=1S/C14H19FN2O2/c1-14(2)11(7-12(14)19-3)17-13(18)9-5-4-8(15)6-10(9)16/h4-6,11-12H,7,16H2,1-3H3,(H,17,18). The van der Waals surface area contributed by atoms with E-state index in [4.69, 9.17) is 10.5 Å². The zero-order valence-electron chi connectivity index (χ0n) is 11.4. The molecule has 0 spiro atoms. The van der Waals surface area contributed by atoms with Gasteiger partial charge in [-0.2, -0.15) is 0 Å². The van der Waals surface area contributed by atoms with Crippen molar-refractivity contribution >= 4 is 11.6 Å². The van der Waals surface area contributed by atoms with Crippen LogP contribution in [0.5, 0.6) is 0 Å². The summed E-state index contributed by atoms with van der Waals surface area (Å²) in [5.74, 6) is -0.720. The number of halogens is 1. The number of amides is 1. The first-order chi connectivity index (χ1) is 8.86. The molecule has 104 valence electrons. The van der Waals surface area contributed by atoms with Gasteiger partial charge in [-0.15, -0.1) is 0 Å². The molecule has 1 fully saturated rings. The molecule has 4 nitrogen and oxygen atoms in total. The number of hydrogen-bond acceptors (Lipinski definition) is 3. The SMILES string of the molecule is COC1CC(NC(=O)c2ccc(F)cc2N)C1(C)C. The van der Waals surface area contributed by atoms with Crippen LogP contribution >= 0.6 is 0 Å². The Kier molecular flexibility index (Phi) is 3.49. The second-order valence-corrected chi connectivity index (χ2v) is 5.54. The van der Waals surface area contributed by atoms with Gasteiger partial charge >= 0.3 is 0 Å². The van der Waals surface area contributed by atoms with Crippen LogP contribution in [-0.4, -0.2) is 25.2 Å². The number of nitrogen functional groups attached to an aromatic ring is 1. The smallest absolute Gasteiger partial charge is 0.253 e. The van der Waals surface area contributed by atoms with Crippen molar-refractivity contribution in [3.63, 3.8) is 0 Å². The van der Waals surface area contributed by atoms with Gasteiger partial charge < -0.3 is 15.8 Å². The van der Waals surface area contributed by atoms with Gasteiger partial charge in [0.05, 0.1) is 11.7 Å². The van der Waals surface area contributed by atoms with Crippen LogP contribution in [0.15, 0.2) is 18.2 Å². The predicted octanol–water partition coefficient (Wildman–Crippen LogP) is 1.95. The van der Waals surface area contributed by atoms with E-state index < -0.39 is 5.82 Å². The van der Waals surface area contributed by atoms with E-state index in [2.05, 4.69) is 5.32 Å². The molecular formula is C14H19FN2O2. The number of nitrogens with one attached hydrogen (secondary N) is 1. The minimum Gasteiger partial charge on any atom is -0.398 e. The van der Waals surface area contributed by atoms with Crippen LogP contribution in [-0.2, 0) is 4.74 Å². The third-order valence-corrected chi connectivity index (χ3v) is 4.03. The van der Waals surface area contributed by atoms with Gasteiger partial charge in [-0.3, -0.25) is 4.79 Å². The molecule has 2 atom stereocenters. The van der Waals surface area contributed by atoms with Crippen molar-refractivity contribution in [2.45, 2.75) is 32.4 Å². The third kappa shape index (κ3) is 2.42. The highest BCUT2D eigenvalue weighted by Gasteiger charge is 2.49. The molecule has 0 bridgehead atoms. The molecule has 1 aliphatic rings. The zero-order chi connectivity index (χ0) is 14.2. The van der Waals surface area contributed by atoms with E-state index in [0.717, 1.165) is 12.5 Å². The molecule has 1 aromatic rings. The van der Waals surface area contributed by atoms with E-state index in [1.807, 2.05) is 13.8 Å². The summed E-state index contributed by atoms with van der Waals surface area (Å²) in [5, 5.41) is 2.93. The second kappa shape index (κ2) is 4.81. The number of hydrogen-bond donors (Lipinski definition) is 2. The lowest BCUT2D eigenvalue weighted by Crippen LogP contribution is -2.61. The molecular weight excluding hydrogens is 247 g/mol. The van der Waals surface area contributed by atoms with E-state index in [9.17, 15) is 9.18 Å². The number of benzene rings is 1. The Bertz CT molecular complexity index is 502. The summed E-state index contributed by atoms with van der Waals surface area (Å²) in [6.07, 6.45) is 0.916. The third-order valence-electron chi connectivity index (χ3n) is 4.03. The summed E-state index contributed by atoms with van der Waals surface area (Å²) >= 11 is 0. The van der Waals surface area contributed by atoms with Gasteiger partial charge in [0.25, 0.3) is 5.91 Å². The maximum Gasteiger partial charge on any atom is 0.253 e. The first kappa shape index (κ1) is 13.8. The number of anilines is 1. The summed E-state index contributed by atoms with van der Waals surface area (Å²) in [6, 6.07) is 3.82. The van der Waals surface area contributed by atoms with Gasteiger partial charge in [-0.1, -0.05) is 13.8 Å². The average molecular weight is 266 g/mol. The lowest BCUT2D eigenvalue weighted by Gasteiger charge is -2.51. The van der Waals surface area contributed by atoms with Crippen molar-refractivity contribution in [3.05, 3.63) is 29.6 Å². The maximum atomic E-state index is 12.9. The van der Waals surface area contributed by atoms with E-state index >= 15 is 0 Å². The Morgan fingerprint density at radius 1 is 1.53 bits per heavy atom. The molecule has 1 saturated carbocycles.